The van der Waals surface area contributed by atoms with E-state index in [1.165, 1.54) is 12.1 Å². The normalized spacial score (nSPS) is 20.3. The van der Waals surface area contributed by atoms with E-state index in [1.54, 1.807) is 25.3 Å². The maximum Gasteiger partial charge on any atom is 0.269 e. The van der Waals surface area contributed by atoms with Crippen LogP contribution in [0.25, 0.3) is 0 Å². The van der Waals surface area contributed by atoms with E-state index in [4.69, 9.17) is 9.47 Å². The minimum atomic E-state index is -0.465. The first-order valence-electron chi connectivity index (χ1n) is 13.6. The molecule has 0 saturated heterocycles. The third kappa shape index (κ3) is 5.03. The Morgan fingerprint density at radius 1 is 0.900 bits per heavy atom. The lowest BCUT2D eigenvalue weighted by Crippen LogP contribution is -2.43. The van der Waals surface area contributed by atoms with E-state index in [0.717, 1.165) is 29.8 Å². The van der Waals surface area contributed by atoms with Crippen LogP contribution in [0.5, 0.6) is 11.5 Å². The fourth-order valence-electron chi connectivity index (χ4n) is 6.40. The van der Waals surface area contributed by atoms with E-state index in [9.17, 15) is 19.7 Å². The maximum absolute atomic E-state index is 13.7. The van der Waals surface area contributed by atoms with E-state index in [-0.39, 0.29) is 34.7 Å². The molecule has 0 saturated carbocycles. The van der Waals surface area contributed by atoms with Gasteiger partial charge in [-0.05, 0) is 46.9 Å². The van der Waals surface area contributed by atoms with Crippen molar-refractivity contribution in [3.63, 3.8) is 0 Å². The summed E-state index contributed by atoms with van der Waals surface area (Å²) in [6.45, 7) is 8.60. The fourth-order valence-corrected chi connectivity index (χ4v) is 6.40. The van der Waals surface area contributed by atoms with E-state index in [0.29, 0.717) is 41.1 Å². The summed E-state index contributed by atoms with van der Waals surface area (Å²) in [6.07, 6.45) is 2.38. The number of carbonyl (C=O) groups excluding carboxylic acids is 2. The molecule has 8 nitrogen and oxygen atoms in total. The maximum atomic E-state index is 13.7. The highest BCUT2D eigenvalue weighted by atomic mass is 16.6. The van der Waals surface area contributed by atoms with Gasteiger partial charge >= 0.3 is 0 Å². The largest absolute Gasteiger partial charge is 0.493 e. The van der Waals surface area contributed by atoms with Gasteiger partial charge in [0.15, 0.2) is 23.1 Å². The van der Waals surface area contributed by atoms with Gasteiger partial charge in [0.1, 0.15) is 6.61 Å². The van der Waals surface area contributed by atoms with Crippen molar-refractivity contribution >= 4 is 17.3 Å². The van der Waals surface area contributed by atoms with Crippen LogP contribution in [0.4, 0.5) is 5.69 Å². The number of ether oxygens (including phenoxy) is 2. The van der Waals surface area contributed by atoms with Crippen LogP contribution in [0.15, 0.2) is 65.0 Å². The van der Waals surface area contributed by atoms with Crippen molar-refractivity contribution in [3.8, 4) is 11.5 Å². The predicted octanol–water partition coefficient (Wildman–Crippen LogP) is 6.50. The molecule has 0 fully saturated rings. The molecular formula is C32H36N2O6. The number of nitrogens with zero attached hydrogens (tertiary/aromatic N) is 2. The molecule has 5 rings (SSSR count). The van der Waals surface area contributed by atoms with Crippen molar-refractivity contribution in [2.45, 2.75) is 65.9 Å². The number of ketones is 2. The van der Waals surface area contributed by atoms with Gasteiger partial charge in [-0.25, -0.2) is 0 Å². The van der Waals surface area contributed by atoms with Crippen molar-refractivity contribution < 1.29 is 24.0 Å². The minimum Gasteiger partial charge on any atom is -0.493 e. The average Bonchev–Trinajstić information content (AvgIpc) is 2.87. The Kier molecular flexibility index (Phi) is 6.84. The van der Waals surface area contributed by atoms with Gasteiger partial charge in [-0.3, -0.25) is 19.7 Å². The topological polar surface area (TPSA) is 99.0 Å². The Balaban J connectivity index is 1.56. The van der Waals surface area contributed by atoms with Crippen molar-refractivity contribution in [3.05, 3.63) is 86.2 Å². The smallest absolute Gasteiger partial charge is 0.269 e. The molecule has 0 aromatic heterocycles. The van der Waals surface area contributed by atoms with E-state index >= 15 is 0 Å². The third-order valence-corrected chi connectivity index (χ3v) is 8.22. The molecule has 2 aromatic rings. The van der Waals surface area contributed by atoms with E-state index in [2.05, 4.69) is 32.6 Å². The third-order valence-electron chi connectivity index (χ3n) is 8.22. The van der Waals surface area contributed by atoms with Crippen LogP contribution in [-0.2, 0) is 16.2 Å². The first-order valence-corrected chi connectivity index (χ1v) is 13.6. The lowest BCUT2D eigenvalue weighted by molar-refractivity contribution is -0.384. The van der Waals surface area contributed by atoms with Crippen molar-refractivity contribution in [1.29, 1.82) is 0 Å². The van der Waals surface area contributed by atoms with Crippen LogP contribution in [0.3, 0.4) is 0 Å². The van der Waals surface area contributed by atoms with Crippen LogP contribution in [0, 0.1) is 20.9 Å². The Bertz CT molecular complexity index is 1430. The molecule has 0 spiro atoms. The zero-order chi connectivity index (χ0) is 29.0. The van der Waals surface area contributed by atoms with Crippen LogP contribution in [-0.4, -0.2) is 35.5 Å². The summed E-state index contributed by atoms with van der Waals surface area (Å²) in [5.74, 6) is 0.641. The second kappa shape index (κ2) is 9.91. The van der Waals surface area contributed by atoms with Gasteiger partial charge in [0.2, 0.25) is 0 Å². The molecule has 3 aliphatic rings. The fraction of sp³-hybridized carbons (Fsp3) is 0.438. The van der Waals surface area contributed by atoms with E-state index < -0.39 is 10.8 Å². The van der Waals surface area contributed by atoms with Gasteiger partial charge in [-0.2, -0.15) is 0 Å². The Hall–Kier alpha value is -3.94. The zero-order valence-corrected chi connectivity index (χ0v) is 24.0. The molecule has 0 amide bonds. The molecule has 210 valence electrons. The quantitative estimate of drug-likeness (QED) is 0.302. The first kappa shape index (κ1) is 27.6. The molecule has 0 radical (unpaired) electrons. The van der Waals surface area contributed by atoms with Gasteiger partial charge in [-0.15, -0.1) is 0 Å². The highest BCUT2D eigenvalue weighted by Gasteiger charge is 2.48. The number of methoxy groups -OCH3 is 1. The summed E-state index contributed by atoms with van der Waals surface area (Å²) in [6, 6.07) is 11.9. The number of non-ortho nitro benzene ring substituents is 1. The van der Waals surface area contributed by atoms with Gasteiger partial charge < -0.3 is 14.4 Å². The van der Waals surface area contributed by atoms with Crippen molar-refractivity contribution in [2.75, 3.05) is 14.2 Å². The average molecular weight is 545 g/mol. The minimum absolute atomic E-state index is 0.000472. The second-order valence-corrected chi connectivity index (χ2v) is 12.7. The lowest BCUT2D eigenvalue weighted by Gasteiger charge is -2.47. The number of hydrogen-bond acceptors (Lipinski definition) is 7. The van der Waals surface area contributed by atoms with Crippen molar-refractivity contribution in [2.24, 2.45) is 10.8 Å². The van der Waals surface area contributed by atoms with E-state index in [1.807, 2.05) is 19.2 Å². The summed E-state index contributed by atoms with van der Waals surface area (Å²) < 4.78 is 11.7. The molecule has 40 heavy (non-hydrogen) atoms. The summed E-state index contributed by atoms with van der Waals surface area (Å²) in [5.41, 5.74) is 4.56. The van der Waals surface area contributed by atoms with Gasteiger partial charge in [-0.1, -0.05) is 45.9 Å². The number of nitro groups is 1. The molecule has 1 aliphatic heterocycles. The molecule has 0 unspecified atom stereocenters. The zero-order valence-electron chi connectivity index (χ0n) is 24.0. The molecule has 2 aliphatic carbocycles. The standard InChI is InChI=1S/C32H36N2O6/c1-31(2)14-22-29(24(35)16-31)28(30-23(33(22)5)15-32(3,4)17-25(30)36)20-10-11-26(27(13-20)39-6)40-18-19-8-7-9-21(12-19)34(37)38/h7-13,28H,14-18H2,1-6H3. The number of carbonyl (C=O) groups is 2. The summed E-state index contributed by atoms with van der Waals surface area (Å²) in [5, 5.41) is 11.1. The molecule has 0 bridgehead atoms. The number of benzene rings is 2. The number of nitro benzene ring substituents is 1. The number of rotatable bonds is 6. The summed E-state index contributed by atoms with van der Waals surface area (Å²) >= 11 is 0. The highest BCUT2D eigenvalue weighted by Crippen LogP contribution is 2.54. The second-order valence-electron chi connectivity index (χ2n) is 12.7. The molecule has 0 atom stereocenters. The van der Waals surface area contributed by atoms with Gasteiger partial charge in [0.25, 0.3) is 5.69 Å². The lowest BCUT2D eigenvalue weighted by atomic mass is 9.64. The number of hydrogen-bond donors (Lipinski definition) is 0. The highest BCUT2D eigenvalue weighted by molar-refractivity contribution is 6.06. The van der Waals surface area contributed by atoms with Crippen LogP contribution in [0.2, 0.25) is 0 Å². The molecule has 8 heteroatoms. The Labute approximate surface area is 234 Å². The molecule has 0 N–H and O–H groups in total. The molecular weight excluding hydrogens is 508 g/mol. The van der Waals surface area contributed by atoms with Gasteiger partial charge in [0.05, 0.1) is 12.0 Å². The Morgan fingerprint density at radius 2 is 1.50 bits per heavy atom. The Morgan fingerprint density at radius 3 is 2.05 bits per heavy atom. The molecule has 1 heterocycles. The van der Waals surface area contributed by atoms with Crippen LogP contribution < -0.4 is 9.47 Å². The van der Waals surface area contributed by atoms with Crippen LogP contribution in [0.1, 0.15) is 70.4 Å². The summed E-state index contributed by atoms with van der Waals surface area (Å²) in [7, 11) is 3.54. The van der Waals surface area contributed by atoms with Gasteiger partial charge in [0, 0.05) is 60.5 Å². The SMILES string of the molecule is COc1cc(C2C3=C(CC(C)(C)CC3=O)N(C)C3=C2C(=O)CC(C)(C)C3)ccc1OCc1cccc([N+](=O)[O-])c1. The molecule has 2 aromatic carbocycles. The first-order chi connectivity index (χ1) is 18.8. The van der Waals surface area contributed by atoms with Crippen molar-refractivity contribution in [1.82, 2.24) is 4.90 Å². The summed E-state index contributed by atoms with van der Waals surface area (Å²) in [4.78, 5) is 40.3. The monoisotopic (exact) mass is 544 g/mol. The van der Waals surface area contributed by atoms with Crippen LogP contribution >= 0.6 is 0 Å². The number of allylic oxidation sites excluding steroid dienone is 4. The number of Topliss-reactive ketones (excluding diaryl/α,β-unsaturated/α-hetero) is 2. The predicted molar refractivity (Wildman–Crippen MR) is 151 cm³/mol.